The Morgan fingerprint density at radius 3 is 2.40 bits per heavy atom. The van der Waals surface area contributed by atoms with E-state index in [1.54, 1.807) is 0 Å². The number of aryl methyl sites for hydroxylation is 2. The first kappa shape index (κ1) is 16.1. The molecule has 3 nitrogen and oxygen atoms in total. The lowest BCUT2D eigenvalue weighted by atomic mass is 10.1. The lowest BCUT2D eigenvalue weighted by molar-refractivity contribution is 0.582. The lowest BCUT2D eigenvalue weighted by Gasteiger charge is -2.08. The van der Waals surface area contributed by atoms with Crippen LogP contribution in [0, 0.1) is 6.92 Å². The number of benzene rings is 2. The molecule has 0 saturated carbocycles. The van der Waals surface area contributed by atoms with Gasteiger partial charge in [-0.05, 0) is 31.0 Å². The van der Waals surface area contributed by atoms with Crippen LogP contribution in [-0.2, 0) is 6.54 Å². The van der Waals surface area contributed by atoms with Crippen molar-refractivity contribution in [2.75, 3.05) is 0 Å². The highest BCUT2D eigenvalue weighted by atomic mass is 15.1. The molecule has 0 atom stereocenters. The summed E-state index contributed by atoms with van der Waals surface area (Å²) in [5.74, 6) is 0. The summed E-state index contributed by atoms with van der Waals surface area (Å²) in [6, 6.07) is 14.7. The van der Waals surface area contributed by atoms with Crippen LogP contribution in [0.15, 0.2) is 42.5 Å². The highest BCUT2D eigenvalue weighted by molar-refractivity contribution is 6.07. The average Bonchev–Trinajstić information content (AvgIpc) is 2.94. The van der Waals surface area contributed by atoms with Gasteiger partial charge < -0.3 is 4.57 Å². The van der Waals surface area contributed by atoms with Gasteiger partial charge in [-0.25, -0.2) is 9.97 Å². The molecule has 0 aliphatic carbocycles. The van der Waals surface area contributed by atoms with E-state index in [0.717, 1.165) is 28.7 Å². The van der Waals surface area contributed by atoms with Crippen molar-refractivity contribution < 1.29 is 0 Å². The SMILES string of the molecule is CCCCCCCn1c2nc3ccccc3nc2c2cccc(C)c21. The van der Waals surface area contributed by atoms with E-state index in [4.69, 9.17) is 9.97 Å². The minimum Gasteiger partial charge on any atom is -0.324 e. The average molecular weight is 331 g/mol. The number of para-hydroxylation sites is 3. The zero-order valence-corrected chi connectivity index (χ0v) is 15.1. The number of rotatable bonds is 6. The molecule has 128 valence electrons. The second kappa shape index (κ2) is 6.83. The van der Waals surface area contributed by atoms with Gasteiger partial charge >= 0.3 is 0 Å². The number of fused-ring (bicyclic) bond motifs is 4. The molecule has 4 rings (SSSR count). The molecule has 0 amide bonds. The number of hydrogen-bond donors (Lipinski definition) is 0. The van der Waals surface area contributed by atoms with Crippen molar-refractivity contribution in [3.63, 3.8) is 0 Å². The van der Waals surface area contributed by atoms with Gasteiger partial charge in [-0.3, -0.25) is 0 Å². The Morgan fingerprint density at radius 2 is 1.60 bits per heavy atom. The third-order valence-electron chi connectivity index (χ3n) is 5.06. The fraction of sp³-hybridized carbons (Fsp3) is 0.364. The summed E-state index contributed by atoms with van der Waals surface area (Å²) < 4.78 is 2.39. The van der Waals surface area contributed by atoms with Gasteiger partial charge in [0.05, 0.1) is 16.6 Å². The summed E-state index contributed by atoms with van der Waals surface area (Å²) in [6.45, 7) is 5.47. The molecule has 0 unspecified atom stereocenters. The molecule has 2 aromatic heterocycles. The molecule has 0 fully saturated rings. The Morgan fingerprint density at radius 1 is 0.840 bits per heavy atom. The minimum atomic E-state index is 0.971. The van der Waals surface area contributed by atoms with Crippen LogP contribution in [0.25, 0.3) is 33.1 Å². The zero-order chi connectivity index (χ0) is 17.2. The fourth-order valence-corrected chi connectivity index (χ4v) is 3.77. The molecule has 0 saturated heterocycles. The third kappa shape index (κ3) is 2.88. The van der Waals surface area contributed by atoms with Gasteiger partial charge in [-0.2, -0.15) is 0 Å². The molecular weight excluding hydrogens is 306 g/mol. The predicted molar refractivity (Wildman–Crippen MR) is 106 cm³/mol. The van der Waals surface area contributed by atoms with E-state index in [1.807, 2.05) is 18.2 Å². The van der Waals surface area contributed by atoms with Crippen molar-refractivity contribution in [1.29, 1.82) is 0 Å². The highest BCUT2D eigenvalue weighted by Crippen LogP contribution is 2.30. The van der Waals surface area contributed by atoms with E-state index in [0.29, 0.717) is 0 Å². The smallest absolute Gasteiger partial charge is 0.160 e. The second-order valence-electron chi connectivity index (χ2n) is 6.92. The Balaban J connectivity index is 1.86. The molecule has 25 heavy (non-hydrogen) atoms. The van der Waals surface area contributed by atoms with E-state index in [1.165, 1.54) is 48.6 Å². The number of nitrogens with zero attached hydrogens (tertiary/aromatic N) is 3. The van der Waals surface area contributed by atoms with E-state index in [-0.39, 0.29) is 0 Å². The monoisotopic (exact) mass is 331 g/mol. The third-order valence-corrected chi connectivity index (χ3v) is 5.06. The molecule has 0 radical (unpaired) electrons. The molecular formula is C22H25N3. The minimum absolute atomic E-state index is 0.971. The molecule has 0 bridgehead atoms. The number of hydrogen-bond acceptors (Lipinski definition) is 2. The van der Waals surface area contributed by atoms with Gasteiger partial charge in [0.1, 0.15) is 5.52 Å². The second-order valence-corrected chi connectivity index (χ2v) is 6.92. The first-order chi connectivity index (χ1) is 12.3. The summed E-state index contributed by atoms with van der Waals surface area (Å²) in [5.41, 5.74) is 6.60. The quantitative estimate of drug-likeness (QED) is 0.405. The van der Waals surface area contributed by atoms with E-state index >= 15 is 0 Å². The maximum Gasteiger partial charge on any atom is 0.160 e. The van der Waals surface area contributed by atoms with E-state index in [2.05, 4.69) is 42.7 Å². The van der Waals surface area contributed by atoms with Crippen LogP contribution in [0.5, 0.6) is 0 Å². The predicted octanol–water partition coefficient (Wildman–Crippen LogP) is 6.02. The Kier molecular flexibility index (Phi) is 4.39. The van der Waals surface area contributed by atoms with Crippen molar-refractivity contribution in [3.05, 3.63) is 48.0 Å². The van der Waals surface area contributed by atoms with E-state index < -0.39 is 0 Å². The van der Waals surface area contributed by atoms with Crippen LogP contribution in [0.3, 0.4) is 0 Å². The van der Waals surface area contributed by atoms with Gasteiger partial charge in [0.25, 0.3) is 0 Å². The maximum atomic E-state index is 4.97. The van der Waals surface area contributed by atoms with Crippen molar-refractivity contribution in [2.24, 2.45) is 0 Å². The molecule has 0 N–H and O–H groups in total. The first-order valence-corrected chi connectivity index (χ1v) is 9.44. The molecule has 0 spiro atoms. The van der Waals surface area contributed by atoms with Crippen LogP contribution in [0.1, 0.15) is 44.6 Å². The van der Waals surface area contributed by atoms with E-state index in [9.17, 15) is 0 Å². The van der Waals surface area contributed by atoms with Crippen molar-refractivity contribution in [2.45, 2.75) is 52.5 Å². The Bertz CT molecular complexity index is 1030. The molecule has 3 heteroatoms. The molecule has 2 heterocycles. The van der Waals surface area contributed by atoms with Gasteiger partial charge in [0.2, 0.25) is 0 Å². The highest BCUT2D eigenvalue weighted by Gasteiger charge is 2.15. The summed E-state index contributed by atoms with van der Waals surface area (Å²) >= 11 is 0. The van der Waals surface area contributed by atoms with Crippen molar-refractivity contribution in [3.8, 4) is 0 Å². The first-order valence-electron chi connectivity index (χ1n) is 9.44. The largest absolute Gasteiger partial charge is 0.324 e. The fourth-order valence-electron chi connectivity index (χ4n) is 3.77. The zero-order valence-electron chi connectivity index (χ0n) is 15.1. The maximum absolute atomic E-state index is 4.97. The van der Waals surface area contributed by atoms with Crippen LogP contribution >= 0.6 is 0 Å². The molecule has 2 aromatic carbocycles. The number of aromatic nitrogens is 3. The van der Waals surface area contributed by atoms with Gasteiger partial charge in [-0.15, -0.1) is 0 Å². The number of unbranched alkanes of at least 4 members (excludes halogenated alkanes) is 4. The topological polar surface area (TPSA) is 30.7 Å². The Hall–Kier alpha value is -2.42. The van der Waals surface area contributed by atoms with Crippen LogP contribution in [0.2, 0.25) is 0 Å². The summed E-state index contributed by atoms with van der Waals surface area (Å²) in [6.07, 6.45) is 6.41. The van der Waals surface area contributed by atoms with Crippen LogP contribution in [0.4, 0.5) is 0 Å². The summed E-state index contributed by atoms with van der Waals surface area (Å²) in [4.78, 5) is 9.91. The van der Waals surface area contributed by atoms with Crippen molar-refractivity contribution >= 4 is 33.1 Å². The van der Waals surface area contributed by atoms with Crippen LogP contribution in [-0.4, -0.2) is 14.5 Å². The standard InChI is InChI=1S/C22H25N3/c1-3-4-5-6-9-15-25-21-16(2)11-10-12-17(21)20-22(25)24-19-14-8-7-13-18(19)23-20/h7-8,10-14H,3-6,9,15H2,1-2H3. The Labute approximate surface area is 148 Å². The molecule has 4 aromatic rings. The van der Waals surface area contributed by atoms with Gasteiger partial charge in [0, 0.05) is 11.9 Å². The lowest BCUT2D eigenvalue weighted by Crippen LogP contribution is -2.01. The normalized spacial score (nSPS) is 11.8. The van der Waals surface area contributed by atoms with Crippen LogP contribution < -0.4 is 0 Å². The van der Waals surface area contributed by atoms with Gasteiger partial charge in [-0.1, -0.05) is 62.9 Å². The summed E-state index contributed by atoms with van der Waals surface area (Å²) in [5, 5.41) is 1.22. The molecule has 0 aliphatic rings. The molecule has 0 aliphatic heterocycles. The van der Waals surface area contributed by atoms with Crippen molar-refractivity contribution in [1.82, 2.24) is 14.5 Å². The van der Waals surface area contributed by atoms with Gasteiger partial charge in [0.15, 0.2) is 5.65 Å². The summed E-state index contributed by atoms with van der Waals surface area (Å²) in [7, 11) is 0.